The van der Waals surface area contributed by atoms with E-state index in [1.54, 1.807) is 0 Å². The maximum absolute atomic E-state index is 12.9. The first-order chi connectivity index (χ1) is 13.9. The normalized spacial score (nSPS) is 18.4. The van der Waals surface area contributed by atoms with Crippen molar-refractivity contribution in [2.45, 2.75) is 58.4 Å². The quantitative estimate of drug-likeness (QED) is 0.758. The van der Waals surface area contributed by atoms with Gasteiger partial charge in [-0.05, 0) is 31.9 Å². The van der Waals surface area contributed by atoms with Gasteiger partial charge in [0.25, 0.3) is 0 Å². The summed E-state index contributed by atoms with van der Waals surface area (Å²) >= 11 is 1.38. The van der Waals surface area contributed by atoms with E-state index in [0.29, 0.717) is 17.1 Å². The van der Waals surface area contributed by atoms with E-state index in [9.17, 15) is 14.4 Å². The van der Waals surface area contributed by atoms with Crippen LogP contribution in [-0.4, -0.2) is 27.6 Å². The van der Waals surface area contributed by atoms with Crippen LogP contribution in [0.15, 0.2) is 29.6 Å². The van der Waals surface area contributed by atoms with Gasteiger partial charge in [-0.1, -0.05) is 37.0 Å². The van der Waals surface area contributed by atoms with Crippen molar-refractivity contribution in [3.63, 3.8) is 0 Å². The van der Waals surface area contributed by atoms with Gasteiger partial charge in [0, 0.05) is 17.5 Å². The molecular weight excluding hydrogens is 386 g/mol. The topological polar surface area (TPSA) is 79.4 Å². The zero-order chi connectivity index (χ0) is 20.4. The van der Waals surface area contributed by atoms with Crippen molar-refractivity contribution in [3.05, 3.63) is 45.9 Å². The van der Waals surface area contributed by atoms with Crippen LogP contribution >= 0.6 is 11.3 Å². The Morgan fingerprint density at radius 2 is 1.90 bits per heavy atom. The first-order valence-corrected chi connectivity index (χ1v) is 11.0. The molecule has 1 saturated carbocycles. The highest BCUT2D eigenvalue weighted by atomic mass is 32.1. The molecule has 3 amide bonds. The Morgan fingerprint density at radius 1 is 1.17 bits per heavy atom. The Morgan fingerprint density at radius 3 is 2.62 bits per heavy atom. The van der Waals surface area contributed by atoms with E-state index in [4.69, 9.17) is 0 Å². The number of carbonyl (C=O) groups excluding carboxylic acids is 3. The smallest absolute Gasteiger partial charge is 0.236 e. The summed E-state index contributed by atoms with van der Waals surface area (Å²) in [7, 11) is 0. The monoisotopic (exact) mass is 411 g/mol. The summed E-state index contributed by atoms with van der Waals surface area (Å²) in [6.07, 6.45) is 5.31. The maximum Gasteiger partial charge on any atom is 0.236 e. The number of likely N-dealkylation sites (tertiary alicyclic amines) is 1. The van der Waals surface area contributed by atoms with Gasteiger partial charge >= 0.3 is 0 Å². The molecule has 2 aliphatic rings. The molecule has 0 atom stereocenters. The van der Waals surface area contributed by atoms with E-state index in [1.165, 1.54) is 16.2 Å². The van der Waals surface area contributed by atoms with E-state index in [0.717, 1.165) is 43.4 Å². The summed E-state index contributed by atoms with van der Waals surface area (Å²) in [5, 5.41) is 5.37. The van der Waals surface area contributed by atoms with Crippen LogP contribution in [0.2, 0.25) is 0 Å². The van der Waals surface area contributed by atoms with Gasteiger partial charge in [0.1, 0.15) is 5.01 Å². The molecule has 0 radical (unpaired) electrons. The van der Waals surface area contributed by atoms with Crippen molar-refractivity contribution >= 4 is 34.7 Å². The summed E-state index contributed by atoms with van der Waals surface area (Å²) in [5.74, 6) is -0.262. The standard InChI is InChI=1S/C22H25N3O3S/c1-15-5-7-16(8-6-15)23-18(26)11-19-24-17(14-29-19)13-25-20(27)12-22(21(25)28)9-3-2-4-10-22/h5-8,14H,2-4,9-13H2,1H3,(H,23,26). The lowest BCUT2D eigenvalue weighted by molar-refractivity contribution is -0.143. The van der Waals surface area contributed by atoms with Crippen LogP contribution in [0.1, 0.15) is 54.8 Å². The van der Waals surface area contributed by atoms with Crippen LogP contribution in [0, 0.1) is 12.3 Å². The number of rotatable bonds is 5. The minimum absolute atomic E-state index is 0.0335. The summed E-state index contributed by atoms with van der Waals surface area (Å²) < 4.78 is 0. The van der Waals surface area contributed by atoms with Gasteiger partial charge in [0.15, 0.2) is 0 Å². The number of hydrogen-bond acceptors (Lipinski definition) is 5. The molecular formula is C22H25N3O3S. The Hall–Kier alpha value is -2.54. The van der Waals surface area contributed by atoms with Crippen molar-refractivity contribution in [3.8, 4) is 0 Å². The molecule has 1 saturated heterocycles. The number of amides is 3. The third-order valence-corrected chi connectivity index (χ3v) is 6.76. The fourth-order valence-corrected chi connectivity index (χ4v) is 5.07. The number of benzene rings is 1. The molecule has 7 heteroatoms. The first-order valence-electron chi connectivity index (χ1n) is 10.1. The third kappa shape index (κ3) is 4.24. The Balaban J connectivity index is 1.36. The van der Waals surface area contributed by atoms with Gasteiger partial charge in [-0.2, -0.15) is 0 Å². The SMILES string of the molecule is Cc1ccc(NC(=O)Cc2nc(CN3C(=O)CC4(CCCCC4)C3=O)cs2)cc1. The minimum atomic E-state index is -0.470. The van der Waals surface area contributed by atoms with Crippen LogP contribution in [0.25, 0.3) is 0 Å². The molecule has 2 aromatic rings. The number of thiazole rings is 1. The molecule has 1 N–H and O–H groups in total. The van der Waals surface area contributed by atoms with Crippen molar-refractivity contribution in [2.75, 3.05) is 5.32 Å². The lowest BCUT2D eigenvalue weighted by Crippen LogP contribution is -2.36. The van der Waals surface area contributed by atoms with E-state index in [-0.39, 0.29) is 30.7 Å². The molecule has 4 rings (SSSR count). The van der Waals surface area contributed by atoms with Crippen molar-refractivity contribution < 1.29 is 14.4 Å². The van der Waals surface area contributed by atoms with E-state index in [1.807, 2.05) is 36.6 Å². The van der Waals surface area contributed by atoms with Crippen LogP contribution in [0.4, 0.5) is 5.69 Å². The summed E-state index contributed by atoms with van der Waals surface area (Å²) in [6.45, 7) is 2.20. The largest absolute Gasteiger partial charge is 0.326 e. The summed E-state index contributed by atoms with van der Waals surface area (Å²) in [5.41, 5.74) is 2.09. The zero-order valence-corrected chi connectivity index (χ0v) is 17.4. The van der Waals surface area contributed by atoms with Gasteiger partial charge in [-0.15, -0.1) is 11.3 Å². The molecule has 1 aromatic carbocycles. The number of nitrogens with zero attached hydrogens (tertiary/aromatic N) is 2. The molecule has 6 nitrogen and oxygen atoms in total. The lowest BCUT2D eigenvalue weighted by Gasteiger charge is -2.30. The second kappa shape index (κ2) is 8.06. The predicted octanol–water partition coefficient (Wildman–Crippen LogP) is 3.84. The molecule has 2 heterocycles. The number of nitrogens with one attached hydrogen (secondary N) is 1. The Kier molecular flexibility index (Phi) is 5.50. The highest BCUT2D eigenvalue weighted by Crippen LogP contribution is 2.45. The van der Waals surface area contributed by atoms with E-state index < -0.39 is 5.41 Å². The molecule has 0 bridgehead atoms. The number of aryl methyl sites for hydroxylation is 1. The third-order valence-electron chi connectivity index (χ3n) is 5.87. The molecule has 0 unspecified atom stereocenters. The second-order valence-corrected chi connectivity index (χ2v) is 9.07. The minimum Gasteiger partial charge on any atom is -0.326 e. The molecule has 1 aromatic heterocycles. The number of carbonyl (C=O) groups is 3. The van der Waals surface area contributed by atoms with Crippen molar-refractivity contribution in [1.29, 1.82) is 0 Å². The van der Waals surface area contributed by atoms with Gasteiger partial charge < -0.3 is 5.32 Å². The van der Waals surface area contributed by atoms with Gasteiger partial charge in [0.2, 0.25) is 17.7 Å². The average Bonchev–Trinajstić information content (AvgIpc) is 3.22. The number of aromatic nitrogens is 1. The van der Waals surface area contributed by atoms with Crippen molar-refractivity contribution in [2.24, 2.45) is 5.41 Å². The number of imide groups is 1. The molecule has 29 heavy (non-hydrogen) atoms. The highest BCUT2D eigenvalue weighted by Gasteiger charge is 2.51. The maximum atomic E-state index is 12.9. The van der Waals surface area contributed by atoms with Crippen molar-refractivity contribution in [1.82, 2.24) is 9.88 Å². The Labute approximate surface area is 174 Å². The number of anilines is 1. The van der Waals surface area contributed by atoms with E-state index in [2.05, 4.69) is 10.3 Å². The molecule has 1 aliphatic heterocycles. The van der Waals surface area contributed by atoms with E-state index >= 15 is 0 Å². The Bertz CT molecular complexity index is 929. The molecule has 152 valence electrons. The molecule has 2 fully saturated rings. The second-order valence-electron chi connectivity index (χ2n) is 8.13. The zero-order valence-electron chi connectivity index (χ0n) is 16.6. The van der Waals surface area contributed by atoms with Crippen LogP contribution < -0.4 is 5.32 Å². The predicted molar refractivity (Wildman–Crippen MR) is 111 cm³/mol. The average molecular weight is 412 g/mol. The number of hydrogen-bond donors (Lipinski definition) is 1. The van der Waals surface area contributed by atoms with Gasteiger partial charge in [-0.3, -0.25) is 19.3 Å². The lowest BCUT2D eigenvalue weighted by atomic mass is 9.73. The molecule has 1 aliphatic carbocycles. The van der Waals surface area contributed by atoms with Crippen LogP contribution in [-0.2, 0) is 27.3 Å². The first kappa shape index (κ1) is 19.8. The fourth-order valence-electron chi connectivity index (χ4n) is 4.28. The highest BCUT2D eigenvalue weighted by molar-refractivity contribution is 7.09. The summed E-state index contributed by atoms with van der Waals surface area (Å²) in [4.78, 5) is 43.5. The fraction of sp³-hybridized carbons (Fsp3) is 0.455. The summed E-state index contributed by atoms with van der Waals surface area (Å²) in [6, 6.07) is 7.62. The van der Waals surface area contributed by atoms with Gasteiger partial charge in [-0.25, -0.2) is 4.98 Å². The van der Waals surface area contributed by atoms with Crippen LogP contribution in [0.3, 0.4) is 0 Å². The van der Waals surface area contributed by atoms with Gasteiger partial charge in [0.05, 0.1) is 24.1 Å². The molecule has 1 spiro atoms. The van der Waals surface area contributed by atoms with Crippen LogP contribution in [0.5, 0.6) is 0 Å².